The number of hydrogen-bond donors (Lipinski definition) is 1. The van der Waals surface area contributed by atoms with Crippen molar-refractivity contribution in [1.29, 1.82) is 0 Å². The van der Waals surface area contributed by atoms with Gasteiger partial charge in [0.15, 0.2) is 0 Å². The van der Waals surface area contributed by atoms with Gasteiger partial charge in [-0.25, -0.2) is 0 Å². The van der Waals surface area contributed by atoms with Crippen molar-refractivity contribution in [2.24, 2.45) is 0 Å². The van der Waals surface area contributed by atoms with Crippen molar-refractivity contribution in [3.63, 3.8) is 0 Å². The highest BCUT2D eigenvalue weighted by Gasteiger charge is 2.11. The van der Waals surface area contributed by atoms with Gasteiger partial charge in [-0.15, -0.1) is 0 Å². The molecular formula is C15H26N2O. The third-order valence-electron chi connectivity index (χ3n) is 2.81. The summed E-state index contributed by atoms with van der Waals surface area (Å²) in [5.41, 5.74) is 7.87. The van der Waals surface area contributed by atoms with Crippen LogP contribution >= 0.6 is 0 Å². The number of rotatable bonds is 7. The molecule has 0 saturated heterocycles. The van der Waals surface area contributed by atoms with Gasteiger partial charge in [-0.05, 0) is 32.8 Å². The predicted molar refractivity (Wildman–Crippen MR) is 79.4 cm³/mol. The predicted octanol–water partition coefficient (Wildman–Crippen LogP) is 3.68. The monoisotopic (exact) mass is 250 g/mol. The molecule has 1 aromatic rings. The van der Waals surface area contributed by atoms with Gasteiger partial charge >= 0.3 is 0 Å². The first kappa shape index (κ1) is 14.7. The fourth-order valence-electron chi connectivity index (χ4n) is 2.00. The van der Waals surface area contributed by atoms with Gasteiger partial charge in [0.05, 0.1) is 6.61 Å². The van der Waals surface area contributed by atoms with Gasteiger partial charge in [0.2, 0.25) is 0 Å². The minimum absolute atomic E-state index is 0.464. The largest absolute Gasteiger partial charge is 0.493 e. The normalized spacial score (nSPS) is 10.7. The van der Waals surface area contributed by atoms with Crippen LogP contribution in [0.15, 0.2) is 18.2 Å². The zero-order chi connectivity index (χ0) is 13.5. The minimum atomic E-state index is 0.464. The first-order valence-corrected chi connectivity index (χ1v) is 6.88. The van der Waals surface area contributed by atoms with E-state index in [2.05, 4.69) is 38.7 Å². The average Bonchev–Trinajstić information content (AvgIpc) is 2.32. The van der Waals surface area contributed by atoms with Crippen LogP contribution in [0, 0.1) is 0 Å². The fourth-order valence-corrected chi connectivity index (χ4v) is 2.00. The molecule has 0 saturated carbocycles. The number of ether oxygens (including phenoxy) is 1. The lowest BCUT2D eigenvalue weighted by molar-refractivity contribution is 0.317. The van der Waals surface area contributed by atoms with Gasteiger partial charge in [0.25, 0.3) is 0 Å². The van der Waals surface area contributed by atoms with Crippen molar-refractivity contribution in [1.82, 2.24) is 0 Å². The van der Waals surface area contributed by atoms with Gasteiger partial charge < -0.3 is 15.4 Å². The van der Waals surface area contributed by atoms with E-state index in [-0.39, 0.29) is 0 Å². The average molecular weight is 250 g/mol. The van der Waals surface area contributed by atoms with Crippen molar-refractivity contribution in [3.05, 3.63) is 18.2 Å². The molecule has 0 unspecified atom stereocenters. The third kappa shape index (κ3) is 4.13. The Morgan fingerprint density at radius 1 is 1.17 bits per heavy atom. The molecule has 102 valence electrons. The molecule has 3 nitrogen and oxygen atoms in total. The maximum Gasteiger partial charge on any atom is 0.123 e. The molecule has 0 amide bonds. The van der Waals surface area contributed by atoms with E-state index in [4.69, 9.17) is 10.5 Å². The molecule has 1 aromatic carbocycles. The van der Waals surface area contributed by atoms with Crippen molar-refractivity contribution in [2.45, 2.75) is 46.6 Å². The molecule has 0 aliphatic carbocycles. The molecular weight excluding hydrogens is 224 g/mol. The zero-order valence-corrected chi connectivity index (χ0v) is 12.1. The lowest BCUT2D eigenvalue weighted by Gasteiger charge is -2.29. The summed E-state index contributed by atoms with van der Waals surface area (Å²) in [5.74, 6) is 0.869. The number of nitrogens with two attached hydrogens (primary N) is 1. The number of nitrogen functional groups attached to an aromatic ring is 1. The van der Waals surface area contributed by atoms with E-state index in [1.54, 1.807) is 0 Å². The molecule has 0 radical (unpaired) electrons. The Morgan fingerprint density at radius 2 is 1.89 bits per heavy atom. The molecule has 0 aliphatic heterocycles. The lowest BCUT2D eigenvalue weighted by Crippen LogP contribution is -2.31. The molecule has 0 bridgehead atoms. The van der Waals surface area contributed by atoms with Crippen LogP contribution in [0.5, 0.6) is 5.75 Å². The lowest BCUT2D eigenvalue weighted by atomic mass is 10.2. The second-order valence-corrected chi connectivity index (χ2v) is 4.90. The molecule has 0 fully saturated rings. The maximum atomic E-state index is 5.96. The van der Waals surface area contributed by atoms with Crippen LogP contribution in [0.1, 0.15) is 40.5 Å². The highest BCUT2D eigenvalue weighted by molar-refractivity contribution is 5.61. The van der Waals surface area contributed by atoms with Crippen molar-refractivity contribution in [3.8, 4) is 5.75 Å². The fraction of sp³-hybridized carbons (Fsp3) is 0.600. The zero-order valence-electron chi connectivity index (χ0n) is 12.1. The van der Waals surface area contributed by atoms with Gasteiger partial charge in [0, 0.05) is 36.1 Å². The van der Waals surface area contributed by atoms with Crippen LogP contribution < -0.4 is 15.4 Å². The quantitative estimate of drug-likeness (QED) is 0.750. The summed E-state index contributed by atoms with van der Waals surface area (Å²) < 4.78 is 5.68. The second-order valence-electron chi connectivity index (χ2n) is 4.90. The van der Waals surface area contributed by atoms with Crippen LogP contribution in [0.4, 0.5) is 11.4 Å². The molecule has 18 heavy (non-hydrogen) atoms. The molecule has 0 aliphatic rings. The highest BCUT2D eigenvalue weighted by atomic mass is 16.5. The van der Waals surface area contributed by atoms with E-state index >= 15 is 0 Å². The van der Waals surface area contributed by atoms with Gasteiger partial charge in [0.1, 0.15) is 5.75 Å². The molecule has 1 rings (SSSR count). The topological polar surface area (TPSA) is 38.5 Å². The Kier molecular flexibility index (Phi) is 5.83. The summed E-state index contributed by atoms with van der Waals surface area (Å²) in [6.45, 7) is 10.5. The van der Waals surface area contributed by atoms with E-state index in [9.17, 15) is 0 Å². The summed E-state index contributed by atoms with van der Waals surface area (Å²) in [7, 11) is 0. The third-order valence-corrected chi connectivity index (χ3v) is 2.81. The number of nitrogens with zero attached hydrogens (tertiary/aromatic N) is 1. The molecule has 0 atom stereocenters. The smallest absolute Gasteiger partial charge is 0.123 e. The Bertz CT molecular complexity index is 364. The van der Waals surface area contributed by atoms with Crippen LogP contribution in [0.25, 0.3) is 0 Å². The van der Waals surface area contributed by atoms with E-state index in [0.717, 1.165) is 43.1 Å². The van der Waals surface area contributed by atoms with Crippen LogP contribution in [0.2, 0.25) is 0 Å². The Labute approximate surface area is 111 Å². The van der Waals surface area contributed by atoms with Crippen molar-refractivity contribution in [2.75, 3.05) is 23.8 Å². The minimum Gasteiger partial charge on any atom is -0.493 e. The summed E-state index contributed by atoms with van der Waals surface area (Å²) in [6, 6.07) is 6.46. The number of anilines is 2. The summed E-state index contributed by atoms with van der Waals surface area (Å²) >= 11 is 0. The van der Waals surface area contributed by atoms with Crippen LogP contribution in [0.3, 0.4) is 0 Å². The summed E-state index contributed by atoms with van der Waals surface area (Å²) in [6.07, 6.45) is 2.13. The second kappa shape index (κ2) is 7.14. The van der Waals surface area contributed by atoms with E-state index in [1.165, 1.54) is 0 Å². The van der Waals surface area contributed by atoms with E-state index < -0.39 is 0 Å². The highest BCUT2D eigenvalue weighted by Crippen LogP contribution is 2.27. The Balaban J connectivity index is 2.95. The van der Waals surface area contributed by atoms with Gasteiger partial charge in [-0.2, -0.15) is 0 Å². The molecule has 0 aromatic heterocycles. The Morgan fingerprint density at radius 3 is 2.44 bits per heavy atom. The Hall–Kier alpha value is -1.38. The molecule has 2 N–H and O–H groups in total. The van der Waals surface area contributed by atoms with E-state index in [0.29, 0.717) is 6.04 Å². The number of hydrogen-bond acceptors (Lipinski definition) is 3. The van der Waals surface area contributed by atoms with Gasteiger partial charge in [-0.1, -0.05) is 13.8 Å². The van der Waals surface area contributed by atoms with Crippen molar-refractivity contribution < 1.29 is 4.74 Å². The summed E-state index contributed by atoms with van der Waals surface area (Å²) in [4.78, 5) is 2.36. The molecule has 3 heteroatoms. The van der Waals surface area contributed by atoms with E-state index in [1.807, 2.05) is 12.1 Å². The summed E-state index contributed by atoms with van der Waals surface area (Å²) in [5, 5.41) is 0. The maximum absolute atomic E-state index is 5.96. The molecule has 0 spiro atoms. The number of benzene rings is 1. The first-order chi connectivity index (χ1) is 8.58. The van der Waals surface area contributed by atoms with Crippen LogP contribution in [-0.4, -0.2) is 19.2 Å². The van der Waals surface area contributed by atoms with Gasteiger partial charge in [-0.3, -0.25) is 0 Å². The molecule has 0 heterocycles. The SMILES string of the molecule is CCCOc1cc(N)cc(N(CCC)C(C)C)c1. The van der Waals surface area contributed by atoms with Crippen LogP contribution in [-0.2, 0) is 0 Å². The first-order valence-electron chi connectivity index (χ1n) is 6.88. The van der Waals surface area contributed by atoms with Crippen molar-refractivity contribution >= 4 is 11.4 Å². The standard InChI is InChI=1S/C15H26N2O/c1-5-7-17(12(3)4)14-9-13(16)10-15(11-14)18-8-6-2/h9-12H,5-8,16H2,1-4H3.